The van der Waals surface area contributed by atoms with Crippen molar-refractivity contribution in [3.8, 4) is 0 Å². The number of ether oxygens (including phenoxy) is 3. The molecule has 0 unspecified atom stereocenters. The van der Waals surface area contributed by atoms with Crippen LogP contribution in [0, 0.1) is 0 Å². The van der Waals surface area contributed by atoms with Crippen LogP contribution < -0.4 is 31.9 Å². The molecule has 1 aliphatic carbocycles. The molecule has 0 saturated heterocycles. The number of carbonyl (C=O) groups excluding carboxylic acids is 3. The highest BCUT2D eigenvalue weighted by Gasteiger charge is 2.26. The van der Waals surface area contributed by atoms with Gasteiger partial charge in [0.05, 0.1) is 49.7 Å². The maximum Gasteiger partial charge on any atom is 0.362 e. The zero-order valence-electron chi connectivity index (χ0n) is 29.5. The van der Waals surface area contributed by atoms with Gasteiger partial charge in [-0.25, -0.2) is 14.8 Å². The monoisotopic (exact) mass is 759 g/mol. The van der Waals surface area contributed by atoms with Crippen LogP contribution in [0.25, 0.3) is 11.3 Å². The van der Waals surface area contributed by atoms with Crippen molar-refractivity contribution in [2.24, 2.45) is 0 Å². The van der Waals surface area contributed by atoms with Crippen molar-refractivity contribution >= 4 is 75.3 Å². The van der Waals surface area contributed by atoms with Gasteiger partial charge in [0.1, 0.15) is 34.4 Å². The molecule has 54 heavy (non-hydrogen) atoms. The predicted molar refractivity (Wildman–Crippen MR) is 197 cm³/mol. The summed E-state index contributed by atoms with van der Waals surface area (Å²) in [5.41, 5.74) is 2.46. The first-order chi connectivity index (χ1) is 26.3. The highest BCUT2D eigenvalue weighted by atomic mass is 32.1. The molecule has 22 heteroatoms. The standard InChI is InChI=1S/C32H37N15O6S/c1-33-25-10-23(42-29-21(14-38-47(25)29)31(49)40-18-4-5-18)39-19-12-36-45(15-19)7-9-52-17-53-32(50)27-22(16-54-44-27)41-24-11-26(34-2)46-28(43-24)20(13-37-46)30(48)35-6-8-51-3/h10-16,18,33-34H,4-9,17H2,1-3H3,(H,35,48)(H,39,42)(H,40,49)(H,41,43). The summed E-state index contributed by atoms with van der Waals surface area (Å²) < 4.78 is 24.8. The molecule has 282 valence electrons. The molecule has 0 atom stereocenters. The molecule has 1 fully saturated rings. The molecule has 6 heterocycles. The summed E-state index contributed by atoms with van der Waals surface area (Å²) in [6.45, 7) is 0.940. The van der Waals surface area contributed by atoms with E-state index in [0.717, 1.165) is 24.4 Å². The fraction of sp³-hybridized carbons (Fsp3) is 0.344. The highest BCUT2D eigenvalue weighted by Crippen LogP contribution is 2.26. The maximum absolute atomic E-state index is 12.9. The van der Waals surface area contributed by atoms with E-state index in [1.54, 1.807) is 60.3 Å². The van der Waals surface area contributed by atoms with Gasteiger partial charge in [0.15, 0.2) is 23.8 Å². The number of methoxy groups -OCH3 is 1. The smallest absolute Gasteiger partial charge is 0.362 e. The Kier molecular flexibility index (Phi) is 10.7. The number of nitrogens with one attached hydrogen (secondary N) is 6. The molecule has 1 saturated carbocycles. The Labute approximate surface area is 310 Å². The van der Waals surface area contributed by atoms with Gasteiger partial charge in [-0.3, -0.25) is 14.3 Å². The lowest BCUT2D eigenvalue weighted by atomic mass is 10.3. The van der Waals surface area contributed by atoms with Crippen LogP contribution in [0.4, 0.5) is 34.6 Å². The lowest BCUT2D eigenvalue weighted by Gasteiger charge is -2.10. The number of esters is 1. The second-order valence-corrected chi connectivity index (χ2v) is 12.5. The van der Waals surface area contributed by atoms with Gasteiger partial charge in [0.25, 0.3) is 11.8 Å². The van der Waals surface area contributed by atoms with E-state index in [9.17, 15) is 14.4 Å². The van der Waals surface area contributed by atoms with Crippen LogP contribution in [-0.2, 0) is 20.8 Å². The topological polar surface area (TPSA) is 242 Å². The number of amides is 2. The number of anilines is 6. The highest BCUT2D eigenvalue weighted by molar-refractivity contribution is 7.04. The van der Waals surface area contributed by atoms with E-state index < -0.39 is 5.97 Å². The Bertz CT molecular complexity index is 2290. The molecule has 2 amide bonds. The first-order valence-corrected chi connectivity index (χ1v) is 17.7. The van der Waals surface area contributed by atoms with Crippen LogP contribution in [0.3, 0.4) is 0 Å². The predicted octanol–water partition coefficient (Wildman–Crippen LogP) is 2.10. The molecule has 0 spiro atoms. The van der Waals surface area contributed by atoms with E-state index in [4.69, 9.17) is 14.2 Å². The van der Waals surface area contributed by atoms with Crippen LogP contribution in [-0.4, -0.2) is 115 Å². The van der Waals surface area contributed by atoms with Gasteiger partial charge in [-0.1, -0.05) is 0 Å². The second-order valence-electron chi connectivity index (χ2n) is 11.9. The average Bonchev–Trinajstić information content (AvgIpc) is 3.56. The van der Waals surface area contributed by atoms with Crippen molar-refractivity contribution in [1.29, 1.82) is 0 Å². The van der Waals surface area contributed by atoms with E-state index in [0.29, 0.717) is 71.2 Å². The molecular weight excluding hydrogens is 723 g/mol. The van der Waals surface area contributed by atoms with E-state index in [2.05, 4.69) is 61.5 Å². The lowest BCUT2D eigenvalue weighted by molar-refractivity contribution is -0.0341. The van der Waals surface area contributed by atoms with Crippen LogP contribution in [0.1, 0.15) is 44.0 Å². The average molecular weight is 760 g/mol. The second kappa shape index (κ2) is 16.1. The number of carbonyl (C=O) groups is 3. The van der Waals surface area contributed by atoms with Gasteiger partial charge < -0.3 is 46.1 Å². The Balaban J connectivity index is 0.915. The molecule has 21 nitrogen and oxygen atoms in total. The van der Waals surface area contributed by atoms with Crippen molar-refractivity contribution in [2.45, 2.75) is 25.4 Å². The number of hydrogen-bond acceptors (Lipinski definition) is 17. The molecule has 6 N–H and O–H groups in total. The van der Waals surface area contributed by atoms with Crippen molar-refractivity contribution < 1.29 is 28.6 Å². The number of nitrogens with zero attached hydrogens (tertiary/aromatic N) is 9. The van der Waals surface area contributed by atoms with Crippen LogP contribution in [0.5, 0.6) is 0 Å². The van der Waals surface area contributed by atoms with E-state index in [1.807, 2.05) is 0 Å². The minimum absolute atomic E-state index is 0.0462. The minimum Gasteiger partial charge on any atom is -0.434 e. The van der Waals surface area contributed by atoms with Crippen LogP contribution >= 0.6 is 11.5 Å². The summed E-state index contributed by atoms with van der Waals surface area (Å²) in [5.74, 6) is 0.791. The molecule has 0 bridgehead atoms. The molecular formula is C32H37N15O6S. The normalized spacial score (nSPS) is 12.5. The summed E-state index contributed by atoms with van der Waals surface area (Å²) in [4.78, 5) is 47.6. The largest absolute Gasteiger partial charge is 0.434 e. The zero-order valence-corrected chi connectivity index (χ0v) is 30.3. The summed E-state index contributed by atoms with van der Waals surface area (Å²) in [6.07, 6.45) is 8.30. The molecule has 0 aromatic carbocycles. The van der Waals surface area contributed by atoms with Crippen LogP contribution in [0.2, 0.25) is 0 Å². The van der Waals surface area contributed by atoms with Crippen molar-refractivity contribution in [2.75, 3.05) is 69.0 Å². The third kappa shape index (κ3) is 7.99. The molecule has 6 aromatic rings. The maximum atomic E-state index is 12.9. The lowest BCUT2D eigenvalue weighted by Crippen LogP contribution is -2.27. The SMILES string of the molecule is CNc1cc(Nc2csnc2C(=O)OCOCCn2cc(Nc3cc(NC)n4ncc(C(=O)NC5CC5)c4n3)cn2)nc2c(C(=O)NCCOC)cnn12. The fourth-order valence-electron chi connectivity index (χ4n) is 5.27. The van der Waals surface area contributed by atoms with Gasteiger partial charge in [0, 0.05) is 57.5 Å². The first kappa shape index (κ1) is 36.0. The summed E-state index contributed by atoms with van der Waals surface area (Å²) in [6, 6.07) is 3.66. The van der Waals surface area contributed by atoms with E-state index in [1.165, 1.54) is 16.9 Å². The van der Waals surface area contributed by atoms with Crippen molar-refractivity contribution in [1.82, 2.24) is 54.0 Å². The zero-order chi connectivity index (χ0) is 37.6. The third-order valence-electron chi connectivity index (χ3n) is 8.12. The summed E-state index contributed by atoms with van der Waals surface area (Å²) in [5, 5.41) is 32.8. The quantitative estimate of drug-likeness (QED) is 0.0418. The van der Waals surface area contributed by atoms with Gasteiger partial charge in [-0.05, 0) is 24.4 Å². The van der Waals surface area contributed by atoms with Crippen molar-refractivity contribution in [3.63, 3.8) is 0 Å². The molecule has 6 aromatic heterocycles. The first-order valence-electron chi connectivity index (χ1n) is 16.8. The van der Waals surface area contributed by atoms with Gasteiger partial charge >= 0.3 is 5.97 Å². The molecule has 0 radical (unpaired) electrons. The van der Waals surface area contributed by atoms with E-state index in [-0.39, 0.29) is 42.5 Å². The Morgan fingerprint density at radius 2 is 1.57 bits per heavy atom. The Hall–Kier alpha value is -6.39. The van der Waals surface area contributed by atoms with Crippen LogP contribution in [0.15, 0.2) is 42.3 Å². The van der Waals surface area contributed by atoms with Gasteiger partial charge in [-0.15, -0.1) is 0 Å². The number of fused-ring (bicyclic) bond motifs is 2. The Morgan fingerprint density at radius 3 is 2.24 bits per heavy atom. The summed E-state index contributed by atoms with van der Waals surface area (Å²) in [7, 11) is 5.02. The fourth-order valence-corrected chi connectivity index (χ4v) is 5.88. The van der Waals surface area contributed by atoms with E-state index >= 15 is 0 Å². The Morgan fingerprint density at radius 1 is 0.889 bits per heavy atom. The number of rotatable bonds is 18. The molecule has 1 aliphatic rings. The number of hydrogen-bond donors (Lipinski definition) is 6. The molecule has 0 aliphatic heterocycles. The summed E-state index contributed by atoms with van der Waals surface area (Å²) >= 11 is 1.06. The van der Waals surface area contributed by atoms with Gasteiger partial charge in [-0.2, -0.15) is 28.7 Å². The third-order valence-corrected chi connectivity index (χ3v) is 8.75. The number of aromatic nitrogens is 9. The minimum atomic E-state index is -0.696. The van der Waals surface area contributed by atoms with Gasteiger partial charge in [0.2, 0.25) is 0 Å². The molecule has 7 rings (SSSR count). The van der Waals surface area contributed by atoms with Crippen molar-refractivity contribution in [3.05, 3.63) is 59.1 Å².